The lowest BCUT2D eigenvalue weighted by Gasteiger charge is -2.38. The third-order valence-corrected chi connectivity index (χ3v) is 5.80. The molecule has 23 heavy (non-hydrogen) atoms. The normalized spacial score (nSPS) is 32.1. The van der Waals surface area contributed by atoms with Crippen molar-refractivity contribution >= 4 is 15.9 Å². The third-order valence-electron chi connectivity index (χ3n) is 5.04. The summed E-state index contributed by atoms with van der Waals surface area (Å²) in [6, 6.07) is -0.0947. The number of rotatable bonds is 3. The van der Waals surface area contributed by atoms with Gasteiger partial charge in [0, 0.05) is 24.8 Å². The third kappa shape index (κ3) is 4.14. The highest BCUT2D eigenvalue weighted by molar-refractivity contribution is 7.88. The topological polar surface area (TPSA) is 75.7 Å². The zero-order chi connectivity index (χ0) is 16.5. The van der Waals surface area contributed by atoms with Crippen molar-refractivity contribution in [3.63, 3.8) is 0 Å². The van der Waals surface area contributed by atoms with E-state index in [0.717, 1.165) is 31.3 Å². The fourth-order valence-electron chi connectivity index (χ4n) is 3.97. The van der Waals surface area contributed by atoms with E-state index in [9.17, 15) is 13.2 Å². The smallest absolute Gasteiger partial charge is 0.249 e. The molecule has 2 fully saturated rings. The molecule has 1 amide bonds. The minimum Gasteiger partial charge on any atom is -0.373 e. The first-order valence-corrected chi connectivity index (χ1v) is 10.4. The van der Waals surface area contributed by atoms with Gasteiger partial charge in [-0.15, -0.1) is 0 Å². The second-order valence-corrected chi connectivity index (χ2v) is 8.84. The van der Waals surface area contributed by atoms with Crippen LogP contribution in [0.15, 0.2) is 11.6 Å². The van der Waals surface area contributed by atoms with E-state index < -0.39 is 10.0 Å². The summed E-state index contributed by atoms with van der Waals surface area (Å²) in [7, 11) is -3.21. The predicted molar refractivity (Wildman–Crippen MR) is 87.4 cm³/mol. The number of sulfonamides is 1. The minimum absolute atomic E-state index is 0.0947. The summed E-state index contributed by atoms with van der Waals surface area (Å²) in [5, 5.41) is 0. The lowest BCUT2D eigenvalue weighted by Crippen LogP contribution is -2.50. The van der Waals surface area contributed by atoms with Gasteiger partial charge in [-0.05, 0) is 44.9 Å². The number of allylic oxidation sites excluding steroid dienone is 1. The van der Waals surface area contributed by atoms with Gasteiger partial charge in [0.25, 0.3) is 0 Å². The van der Waals surface area contributed by atoms with Gasteiger partial charge in [0.1, 0.15) is 0 Å². The first-order chi connectivity index (χ1) is 10.9. The van der Waals surface area contributed by atoms with E-state index in [0.29, 0.717) is 32.5 Å². The van der Waals surface area contributed by atoms with E-state index in [1.807, 2.05) is 4.90 Å². The minimum atomic E-state index is -3.21. The Morgan fingerprint density at radius 1 is 1.43 bits per heavy atom. The van der Waals surface area contributed by atoms with Crippen LogP contribution in [0.3, 0.4) is 0 Å². The zero-order valence-electron chi connectivity index (χ0n) is 13.7. The quantitative estimate of drug-likeness (QED) is 0.836. The average molecular weight is 342 g/mol. The van der Waals surface area contributed by atoms with E-state index >= 15 is 0 Å². The van der Waals surface area contributed by atoms with Crippen LogP contribution in [0.5, 0.6) is 0 Å². The maximum atomic E-state index is 12.6. The second kappa shape index (κ2) is 6.53. The molecule has 2 saturated heterocycles. The van der Waals surface area contributed by atoms with Gasteiger partial charge in [0.2, 0.25) is 15.9 Å². The number of nitrogens with one attached hydrogen (secondary N) is 1. The lowest BCUT2D eigenvalue weighted by molar-refractivity contribution is -0.129. The molecule has 1 N–H and O–H groups in total. The van der Waals surface area contributed by atoms with Crippen LogP contribution in [0.4, 0.5) is 0 Å². The summed E-state index contributed by atoms with van der Waals surface area (Å²) < 4.78 is 31.6. The van der Waals surface area contributed by atoms with Crippen molar-refractivity contribution in [3.05, 3.63) is 11.6 Å². The highest BCUT2D eigenvalue weighted by Crippen LogP contribution is 2.35. The summed E-state index contributed by atoms with van der Waals surface area (Å²) in [6.45, 7) is 1.81. The van der Waals surface area contributed by atoms with Gasteiger partial charge >= 0.3 is 0 Å². The van der Waals surface area contributed by atoms with Gasteiger partial charge in [-0.25, -0.2) is 13.1 Å². The fraction of sp³-hybridized carbons (Fsp3) is 0.812. The van der Waals surface area contributed by atoms with Crippen LogP contribution in [0, 0.1) is 0 Å². The Balaban J connectivity index is 1.63. The van der Waals surface area contributed by atoms with Crippen LogP contribution < -0.4 is 4.72 Å². The molecule has 2 atom stereocenters. The van der Waals surface area contributed by atoms with Crippen molar-refractivity contribution in [1.29, 1.82) is 0 Å². The molecule has 3 rings (SSSR count). The number of likely N-dealkylation sites (tertiary alicyclic amines) is 1. The van der Waals surface area contributed by atoms with Gasteiger partial charge in [0.15, 0.2) is 0 Å². The number of nitrogens with zero attached hydrogens (tertiary/aromatic N) is 1. The van der Waals surface area contributed by atoms with Crippen molar-refractivity contribution < 1.29 is 17.9 Å². The van der Waals surface area contributed by atoms with Crippen molar-refractivity contribution in [2.45, 2.75) is 56.6 Å². The van der Waals surface area contributed by atoms with Crippen LogP contribution in [0.1, 0.15) is 44.9 Å². The molecule has 7 heteroatoms. The van der Waals surface area contributed by atoms with Crippen molar-refractivity contribution in [2.24, 2.45) is 0 Å². The van der Waals surface area contributed by atoms with Gasteiger partial charge in [0.05, 0.1) is 18.4 Å². The number of amides is 1. The number of ether oxygens (including phenoxy) is 1. The molecule has 0 aromatic carbocycles. The second-order valence-electron chi connectivity index (χ2n) is 7.06. The Hall–Kier alpha value is -0.920. The van der Waals surface area contributed by atoms with Crippen LogP contribution in [0.25, 0.3) is 0 Å². The molecule has 1 spiro atoms. The van der Waals surface area contributed by atoms with Crippen LogP contribution in [-0.2, 0) is 19.6 Å². The van der Waals surface area contributed by atoms with Crippen LogP contribution in [0.2, 0.25) is 0 Å². The first kappa shape index (κ1) is 16.9. The Kier molecular flexibility index (Phi) is 4.80. The maximum absolute atomic E-state index is 12.6. The molecule has 0 bridgehead atoms. The number of carbonyl (C=O) groups is 1. The van der Waals surface area contributed by atoms with Gasteiger partial charge in [-0.3, -0.25) is 4.79 Å². The SMILES string of the molecule is CS(=O)(=O)N[C@H]1CCO[C@]2(CCN(C(=O)C3=CCCCC3)C2)C1. The first-order valence-electron chi connectivity index (χ1n) is 8.47. The Labute approximate surface area is 138 Å². The Morgan fingerprint density at radius 3 is 2.96 bits per heavy atom. The molecule has 2 heterocycles. The standard InChI is InChI=1S/C16H26N2O4S/c1-23(20,21)17-14-7-10-22-16(11-14)8-9-18(12-16)15(19)13-5-3-2-4-6-13/h5,14,17H,2-4,6-12H2,1H3/t14-,16+/m0/s1. The van der Waals surface area contributed by atoms with Crippen molar-refractivity contribution in [3.8, 4) is 0 Å². The fourth-order valence-corrected chi connectivity index (χ4v) is 4.78. The molecule has 0 aromatic heterocycles. The van der Waals surface area contributed by atoms with Crippen LogP contribution in [-0.4, -0.2) is 56.8 Å². The number of hydrogen-bond donors (Lipinski definition) is 1. The molecule has 130 valence electrons. The largest absolute Gasteiger partial charge is 0.373 e. The maximum Gasteiger partial charge on any atom is 0.249 e. The molecule has 0 aromatic rings. The molecule has 2 aliphatic heterocycles. The summed E-state index contributed by atoms with van der Waals surface area (Å²) in [6.07, 6.45) is 9.51. The van der Waals surface area contributed by atoms with E-state index in [2.05, 4.69) is 10.8 Å². The molecule has 0 unspecified atom stereocenters. The van der Waals surface area contributed by atoms with Crippen molar-refractivity contribution in [1.82, 2.24) is 9.62 Å². The zero-order valence-corrected chi connectivity index (χ0v) is 14.5. The van der Waals surface area contributed by atoms with Crippen LogP contribution >= 0.6 is 0 Å². The van der Waals surface area contributed by atoms with Gasteiger partial charge in [-0.1, -0.05) is 6.08 Å². The summed E-state index contributed by atoms with van der Waals surface area (Å²) in [5.74, 6) is 0.142. The van der Waals surface area contributed by atoms with E-state index in [1.54, 1.807) is 0 Å². The predicted octanol–water partition coefficient (Wildman–Crippen LogP) is 1.19. The molecule has 0 saturated carbocycles. The summed E-state index contributed by atoms with van der Waals surface area (Å²) >= 11 is 0. The van der Waals surface area contributed by atoms with Crippen molar-refractivity contribution in [2.75, 3.05) is 26.0 Å². The average Bonchev–Trinajstić information content (AvgIpc) is 2.89. The molecule has 1 aliphatic carbocycles. The highest BCUT2D eigenvalue weighted by atomic mass is 32.2. The lowest BCUT2D eigenvalue weighted by atomic mass is 9.90. The number of hydrogen-bond acceptors (Lipinski definition) is 4. The molecule has 0 radical (unpaired) electrons. The Morgan fingerprint density at radius 2 is 2.26 bits per heavy atom. The molecule has 6 nitrogen and oxygen atoms in total. The molecular weight excluding hydrogens is 316 g/mol. The van der Waals surface area contributed by atoms with E-state index in [1.165, 1.54) is 12.7 Å². The highest BCUT2D eigenvalue weighted by Gasteiger charge is 2.45. The number of carbonyl (C=O) groups excluding carboxylic acids is 1. The van der Waals surface area contributed by atoms with E-state index in [4.69, 9.17) is 4.74 Å². The Bertz CT molecular complexity index is 601. The summed E-state index contributed by atoms with van der Waals surface area (Å²) in [5.41, 5.74) is 0.556. The monoisotopic (exact) mass is 342 g/mol. The van der Waals surface area contributed by atoms with Gasteiger partial charge < -0.3 is 9.64 Å². The van der Waals surface area contributed by atoms with E-state index in [-0.39, 0.29) is 17.6 Å². The molecular formula is C16H26N2O4S. The van der Waals surface area contributed by atoms with Gasteiger partial charge in [-0.2, -0.15) is 0 Å². The molecule has 3 aliphatic rings. The summed E-state index contributed by atoms with van der Waals surface area (Å²) in [4.78, 5) is 14.5.